The number of furan rings is 1. The molecule has 1 unspecified atom stereocenters. The summed E-state index contributed by atoms with van der Waals surface area (Å²) in [6, 6.07) is 16.6. The van der Waals surface area contributed by atoms with E-state index in [0.717, 1.165) is 9.87 Å². The molecule has 3 aromatic rings. The Morgan fingerprint density at radius 2 is 1.74 bits per heavy atom. The van der Waals surface area contributed by atoms with Crippen LogP contribution in [0.25, 0.3) is 0 Å². The van der Waals surface area contributed by atoms with Crippen LogP contribution in [0.1, 0.15) is 11.3 Å². The Kier molecular flexibility index (Phi) is 6.95. The zero-order valence-electron chi connectivity index (χ0n) is 19.7. The maximum atomic E-state index is 13.6. The Bertz CT molecular complexity index is 1300. The van der Waals surface area contributed by atoms with Crippen molar-refractivity contribution in [1.29, 1.82) is 0 Å². The summed E-state index contributed by atoms with van der Waals surface area (Å²) < 4.78 is 39.3. The molecule has 0 saturated carbocycles. The molecule has 0 spiro atoms. The zero-order valence-corrected chi connectivity index (χ0v) is 20.6. The van der Waals surface area contributed by atoms with E-state index in [1.54, 1.807) is 62.6 Å². The van der Waals surface area contributed by atoms with Gasteiger partial charge in [-0.15, -0.1) is 0 Å². The maximum Gasteiger partial charge on any atom is 0.265 e. The number of nitrogens with zero attached hydrogens (tertiary/aromatic N) is 3. The summed E-state index contributed by atoms with van der Waals surface area (Å²) in [5, 5.41) is 0. The van der Waals surface area contributed by atoms with Gasteiger partial charge >= 0.3 is 0 Å². The number of anilines is 1. The van der Waals surface area contributed by atoms with E-state index < -0.39 is 28.6 Å². The van der Waals surface area contributed by atoms with Gasteiger partial charge in [-0.2, -0.15) is 4.31 Å². The molecule has 4 rings (SSSR count). The number of ether oxygens (including phenoxy) is 1. The van der Waals surface area contributed by atoms with Crippen LogP contribution < -0.4 is 9.64 Å². The number of sulfonamides is 1. The molecule has 184 valence electrons. The summed E-state index contributed by atoms with van der Waals surface area (Å²) in [6.07, 6.45) is 0.542. The Labute approximate surface area is 204 Å². The van der Waals surface area contributed by atoms with Gasteiger partial charge in [-0.1, -0.05) is 29.8 Å². The molecule has 0 N–H and O–H groups in total. The molecule has 1 aliphatic rings. The molecule has 2 heterocycles. The van der Waals surface area contributed by atoms with Crippen molar-refractivity contribution in [3.63, 3.8) is 0 Å². The summed E-state index contributed by atoms with van der Waals surface area (Å²) in [4.78, 5) is 29.1. The number of para-hydroxylation sites is 2. The number of benzene rings is 2. The smallest absolute Gasteiger partial charge is 0.265 e. The number of carbonyl (C=O) groups is 2. The minimum absolute atomic E-state index is 0.0357. The van der Waals surface area contributed by atoms with Crippen LogP contribution in [-0.4, -0.2) is 62.7 Å². The highest BCUT2D eigenvalue weighted by Gasteiger charge is 2.37. The van der Waals surface area contributed by atoms with E-state index in [0.29, 0.717) is 17.2 Å². The summed E-state index contributed by atoms with van der Waals surface area (Å²) in [6.45, 7) is 1.25. The lowest BCUT2D eigenvalue weighted by Crippen LogP contribution is -2.52. The van der Waals surface area contributed by atoms with E-state index in [1.807, 2.05) is 6.92 Å². The second-order valence-corrected chi connectivity index (χ2v) is 10.4. The molecule has 35 heavy (non-hydrogen) atoms. The summed E-state index contributed by atoms with van der Waals surface area (Å²) >= 11 is 0. The van der Waals surface area contributed by atoms with Crippen LogP contribution in [0.3, 0.4) is 0 Å². The van der Waals surface area contributed by atoms with Gasteiger partial charge in [0.1, 0.15) is 11.5 Å². The quantitative estimate of drug-likeness (QED) is 0.498. The molecule has 2 amide bonds. The molecule has 2 aromatic carbocycles. The number of rotatable bonds is 7. The van der Waals surface area contributed by atoms with E-state index in [-0.39, 0.29) is 23.9 Å². The number of likely N-dealkylation sites (N-methyl/N-ethyl adjacent to an activating group) is 1. The second-order valence-electron chi connectivity index (χ2n) is 8.48. The van der Waals surface area contributed by atoms with Crippen LogP contribution >= 0.6 is 0 Å². The van der Waals surface area contributed by atoms with Gasteiger partial charge in [0.15, 0.2) is 6.10 Å². The van der Waals surface area contributed by atoms with Gasteiger partial charge in [-0.05, 0) is 43.3 Å². The van der Waals surface area contributed by atoms with E-state index in [9.17, 15) is 18.0 Å². The molecule has 1 aliphatic heterocycles. The second kappa shape index (κ2) is 9.93. The van der Waals surface area contributed by atoms with Crippen molar-refractivity contribution >= 4 is 27.5 Å². The van der Waals surface area contributed by atoms with E-state index in [4.69, 9.17) is 9.15 Å². The molecule has 9 nitrogen and oxygen atoms in total. The van der Waals surface area contributed by atoms with Crippen molar-refractivity contribution in [2.45, 2.75) is 24.5 Å². The van der Waals surface area contributed by atoms with Crippen LogP contribution in [-0.2, 0) is 26.2 Å². The molecule has 0 saturated heterocycles. The zero-order chi connectivity index (χ0) is 25.2. The van der Waals surface area contributed by atoms with Gasteiger partial charge in [-0.3, -0.25) is 9.59 Å². The Morgan fingerprint density at radius 3 is 2.40 bits per heavy atom. The van der Waals surface area contributed by atoms with Crippen LogP contribution in [0.5, 0.6) is 5.75 Å². The fourth-order valence-corrected chi connectivity index (χ4v) is 5.14. The normalized spacial score (nSPS) is 15.4. The van der Waals surface area contributed by atoms with Gasteiger partial charge in [0, 0.05) is 14.1 Å². The van der Waals surface area contributed by atoms with Gasteiger partial charge in [0.25, 0.3) is 5.91 Å². The summed E-state index contributed by atoms with van der Waals surface area (Å²) in [5.41, 5.74) is 1.39. The maximum absolute atomic E-state index is 13.6. The topological polar surface area (TPSA) is 100 Å². The number of hydrogen-bond acceptors (Lipinski definition) is 6. The van der Waals surface area contributed by atoms with E-state index in [1.165, 1.54) is 28.2 Å². The fourth-order valence-electron chi connectivity index (χ4n) is 3.78. The average Bonchev–Trinajstić information content (AvgIpc) is 3.35. The van der Waals surface area contributed by atoms with Crippen molar-refractivity contribution in [1.82, 2.24) is 9.21 Å². The van der Waals surface area contributed by atoms with Crippen molar-refractivity contribution in [2.24, 2.45) is 0 Å². The lowest BCUT2D eigenvalue weighted by molar-refractivity contribution is -0.136. The highest BCUT2D eigenvalue weighted by Crippen LogP contribution is 2.34. The van der Waals surface area contributed by atoms with Gasteiger partial charge in [0.05, 0.1) is 36.5 Å². The standard InChI is InChI=1S/C25H27N3O6S/c1-18-10-12-20(13-11-18)35(31,32)27(15-19-7-6-14-33-19)17-24(29)28-16-23(25(30)26(2)3)34-22-9-5-4-8-21(22)28/h4-14,23H,15-17H2,1-3H3. The molecule has 1 aromatic heterocycles. The molecule has 0 aliphatic carbocycles. The Morgan fingerprint density at radius 1 is 1.03 bits per heavy atom. The molecule has 1 atom stereocenters. The Hall–Kier alpha value is -3.63. The minimum atomic E-state index is -4.03. The minimum Gasteiger partial charge on any atom is -0.476 e. The first-order valence-electron chi connectivity index (χ1n) is 11.0. The van der Waals surface area contributed by atoms with Gasteiger partial charge in [0.2, 0.25) is 15.9 Å². The highest BCUT2D eigenvalue weighted by atomic mass is 32.2. The van der Waals surface area contributed by atoms with Crippen LogP contribution in [0.2, 0.25) is 0 Å². The number of aryl methyl sites for hydroxylation is 1. The first-order chi connectivity index (χ1) is 16.7. The summed E-state index contributed by atoms with van der Waals surface area (Å²) in [5.74, 6) is -0.000580. The molecular formula is C25H27N3O6S. The molecule has 0 fully saturated rings. The number of hydrogen-bond donors (Lipinski definition) is 0. The largest absolute Gasteiger partial charge is 0.476 e. The van der Waals surface area contributed by atoms with Crippen molar-refractivity contribution in [3.8, 4) is 5.75 Å². The van der Waals surface area contributed by atoms with E-state index >= 15 is 0 Å². The third-order valence-electron chi connectivity index (χ3n) is 5.67. The van der Waals surface area contributed by atoms with Crippen LogP contribution in [0.15, 0.2) is 76.2 Å². The lowest BCUT2D eigenvalue weighted by Gasteiger charge is -2.36. The highest BCUT2D eigenvalue weighted by molar-refractivity contribution is 7.89. The van der Waals surface area contributed by atoms with Gasteiger partial charge < -0.3 is 19.0 Å². The predicted molar refractivity (Wildman–Crippen MR) is 129 cm³/mol. The first-order valence-corrected chi connectivity index (χ1v) is 12.5. The molecule has 0 radical (unpaired) electrons. The lowest BCUT2D eigenvalue weighted by atomic mass is 10.1. The number of carbonyl (C=O) groups excluding carboxylic acids is 2. The number of fused-ring (bicyclic) bond motifs is 1. The SMILES string of the molecule is Cc1ccc(S(=O)(=O)N(CC(=O)N2CC(C(=O)N(C)C)Oc3ccccc32)Cc2ccco2)cc1. The monoisotopic (exact) mass is 497 g/mol. The predicted octanol–water partition coefficient (Wildman–Crippen LogP) is 2.66. The first kappa shape index (κ1) is 24.5. The Balaban J connectivity index is 1.66. The molecular weight excluding hydrogens is 470 g/mol. The molecule has 10 heteroatoms. The van der Waals surface area contributed by atoms with Crippen molar-refractivity contribution in [2.75, 3.05) is 32.1 Å². The summed E-state index contributed by atoms with van der Waals surface area (Å²) in [7, 11) is -0.811. The van der Waals surface area contributed by atoms with Crippen molar-refractivity contribution < 1.29 is 27.2 Å². The fraction of sp³-hybridized carbons (Fsp3) is 0.280. The average molecular weight is 498 g/mol. The van der Waals surface area contributed by atoms with Crippen LogP contribution in [0.4, 0.5) is 5.69 Å². The van der Waals surface area contributed by atoms with Crippen LogP contribution in [0, 0.1) is 6.92 Å². The van der Waals surface area contributed by atoms with Gasteiger partial charge in [-0.25, -0.2) is 8.42 Å². The third kappa shape index (κ3) is 5.23. The van der Waals surface area contributed by atoms with E-state index in [2.05, 4.69) is 0 Å². The molecule has 0 bridgehead atoms. The third-order valence-corrected chi connectivity index (χ3v) is 7.48. The van der Waals surface area contributed by atoms with Crippen molar-refractivity contribution in [3.05, 3.63) is 78.3 Å². The number of amides is 2.